The van der Waals surface area contributed by atoms with E-state index in [1.54, 1.807) is 96.3 Å². The summed E-state index contributed by atoms with van der Waals surface area (Å²) in [6, 6.07) is 0. The van der Waals surface area contributed by atoms with E-state index in [-0.39, 0.29) is 0 Å². The van der Waals surface area contributed by atoms with Gasteiger partial charge in [0.25, 0.3) is 0 Å². The average Bonchev–Trinajstić information content (AvgIpc) is 3.28. The Kier molecular flexibility index (Phi) is 4.93. The summed E-state index contributed by atoms with van der Waals surface area (Å²) in [5, 5.41) is 0. The van der Waals surface area contributed by atoms with E-state index in [9.17, 15) is 0 Å². The Hall–Kier alpha value is 0. The quantitative estimate of drug-likeness (QED) is 0.366. The van der Waals surface area contributed by atoms with Crippen molar-refractivity contribution in [1.29, 1.82) is 0 Å². The van der Waals surface area contributed by atoms with Crippen molar-refractivity contribution >= 4 is 0 Å². The third-order valence-electron chi connectivity index (χ3n) is 13.4. The lowest BCUT2D eigenvalue weighted by molar-refractivity contribution is -0.0222. The van der Waals surface area contributed by atoms with Crippen LogP contribution in [0.15, 0.2) is 0 Å². The summed E-state index contributed by atoms with van der Waals surface area (Å²) in [6.07, 6.45) is 25.7. The van der Waals surface area contributed by atoms with Gasteiger partial charge in [0.15, 0.2) is 0 Å². The van der Waals surface area contributed by atoms with Crippen molar-refractivity contribution in [1.82, 2.24) is 0 Å². The third kappa shape index (κ3) is 2.90. The predicted molar refractivity (Wildman–Crippen MR) is 130 cm³/mol. The van der Waals surface area contributed by atoms with Gasteiger partial charge in [0, 0.05) is 0 Å². The molecule has 174 valence electrons. The standard InChI is InChI=1S/C31H50/c1-19-15-20(2)18-31(17-19)28-10-6-5-9-25(28)30-27-16-26-22-8-4-3-7-21(22)11-12-23(26)24(27)13-14-29(30)31/h19-30H,3-18H2,1-2H3. The smallest absolute Gasteiger partial charge is 0.0230 e. The highest BCUT2D eigenvalue weighted by Crippen LogP contribution is 2.73. The van der Waals surface area contributed by atoms with Gasteiger partial charge in [-0.3, -0.25) is 0 Å². The minimum absolute atomic E-state index is 0.777. The van der Waals surface area contributed by atoms with Gasteiger partial charge in [-0.15, -0.1) is 0 Å². The first kappa shape index (κ1) is 20.4. The topological polar surface area (TPSA) is 0 Å². The van der Waals surface area contributed by atoms with Crippen molar-refractivity contribution in [2.45, 2.75) is 117 Å². The molecular weight excluding hydrogens is 372 g/mol. The zero-order valence-electron chi connectivity index (χ0n) is 20.7. The number of hydrogen-bond donors (Lipinski definition) is 0. The van der Waals surface area contributed by atoms with Crippen LogP contribution in [0.2, 0.25) is 0 Å². The van der Waals surface area contributed by atoms with E-state index in [2.05, 4.69) is 13.8 Å². The molecule has 7 saturated carbocycles. The molecule has 0 aromatic rings. The third-order valence-corrected chi connectivity index (χ3v) is 13.4. The van der Waals surface area contributed by atoms with Crippen LogP contribution in [0, 0.1) is 76.4 Å². The van der Waals surface area contributed by atoms with Gasteiger partial charge in [-0.05, 0) is 147 Å². The van der Waals surface area contributed by atoms with Gasteiger partial charge < -0.3 is 0 Å². The monoisotopic (exact) mass is 422 g/mol. The van der Waals surface area contributed by atoms with Crippen LogP contribution in [-0.4, -0.2) is 0 Å². The minimum Gasteiger partial charge on any atom is -0.0625 e. The summed E-state index contributed by atoms with van der Waals surface area (Å²) in [4.78, 5) is 0. The second kappa shape index (κ2) is 7.50. The molecule has 7 aliphatic carbocycles. The fourth-order valence-corrected chi connectivity index (χ4v) is 13.3. The van der Waals surface area contributed by atoms with E-state index in [0.717, 1.165) is 76.4 Å². The highest BCUT2D eigenvalue weighted by atomic mass is 14.7. The lowest BCUT2D eigenvalue weighted by atomic mass is 9.53. The number of hydrogen-bond acceptors (Lipinski definition) is 0. The molecule has 7 rings (SSSR count). The zero-order chi connectivity index (χ0) is 20.7. The Bertz CT molecular complexity index is 668. The summed E-state index contributed by atoms with van der Waals surface area (Å²) in [7, 11) is 0. The van der Waals surface area contributed by atoms with Gasteiger partial charge in [0.05, 0.1) is 0 Å². The molecule has 12 atom stereocenters. The van der Waals surface area contributed by atoms with Crippen LogP contribution in [0.4, 0.5) is 0 Å². The molecule has 0 aromatic heterocycles. The van der Waals surface area contributed by atoms with Crippen molar-refractivity contribution in [3.8, 4) is 0 Å². The van der Waals surface area contributed by atoms with E-state index in [1.807, 2.05) is 0 Å². The average molecular weight is 423 g/mol. The normalized spacial score (nSPS) is 60.6. The molecule has 0 N–H and O–H groups in total. The Morgan fingerprint density at radius 3 is 2.00 bits per heavy atom. The summed E-state index contributed by atoms with van der Waals surface area (Å²) < 4.78 is 0. The summed E-state index contributed by atoms with van der Waals surface area (Å²) in [5.41, 5.74) is 0.777. The molecule has 1 spiro atoms. The molecule has 0 bridgehead atoms. The molecule has 7 fully saturated rings. The maximum Gasteiger partial charge on any atom is -0.0230 e. The summed E-state index contributed by atoms with van der Waals surface area (Å²) in [6.45, 7) is 5.25. The van der Waals surface area contributed by atoms with Gasteiger partial charge in [0.2, 0.25) is 0 Å². The van der Waals surface area contributed by atoms with Gasteiger partial charge >= 0.3 is 0 Å². The molecule has 7 aliphatic rings. The van der Waals surface area contributed by atoms with E-state index < -0.39 is 0 Å². The predicted octanol–water partition coefficient (Wildman–Crippen LogP) is 8.74. The van der Waals surface area contributed by atoms with E-state index in [1.165, 1.54) is 6.42 Å². The van der Waals surface area contributed by atoms with E-state index in [0.29, 0.717) is 0 Å². The second-order valence-corrected chi connectivity index (χ2v) is 14.6. The van der Waals surface area contributed by atoms with E-state index >= 15 is 0 Å². The fraction of sp³-hybridized carbons (Fsp3) is 1.00. The first-order valence-corrected chi connectivity index (χ1v) is 15.2. The van der Waals surface area contributed by atoms with Crippen LogP contribution in [0.5, 0.6) is 0 Å². The van der Waals surface area contributed by atoms with Crippen molar-refractivity contribution in [2.24, 2.45) is 76.4 Å². The molecule has 0 nitrogen and oxygen atoms in total. The summed E-state index contributed by atoms with van der Waals surface area (Å²) in [5.74, 6) is 13.5. The van der Waals surface area contributed by atoms with Crippen LogP contribution in [-0.2, 0) is 0 Å². The largest absolute Gasteiger partial charge is 0.0625 e. The van der Waals surface area contributed by atoms with Crippen LogP contribution in [0.25, 0.3) is 0 Å². The Morgan fingerprint density at radius 1 is 0.484 bits per heavy atom. The van der Waals surface area contributed by atoms with Crippen LogP contribution in [0.3, 0.4) is 0 Å². The Labute approximate surface area is 193 Å². The molecule has 0 radical (unpaired) electrons. The van der Waals surface area contributed by atoms with Crippen LogP contribution < -0.4 is 0 Å². The lowest BCUT2D eigenvalue weighted by Gasteiger charge is -2.51. The molecule has 0 aliphatic heterocycles. The van der Waals surface area contributed by atoms with Gasteiger partial charge in [0.1, 0.15) is 0 Å². The van der Waals surface area contributed by atoms with Crippen LogP contribution in [0.1, 0.15) is 117 Å². The summed E-state index contributed by atoms with van der Waals surface area (Å²) >= 11 is 0. The second-order valence-electron chi connectivity index (χ2n) is 14.6. The number of fused-ring (bicyclic) bond motifs is 11. The number of rotatable bonds is 0. The zero-order valence-corrected chi connectivity index (χ0v) is 20.7. The highest BCUT2D eigenvalue weighted by molar-refractivity contribution is 5.15. The molecule has 0 heterocycles. The Balaban J connectivity index is 1.23. The molecular formula is C31H50. The van der Waals surface area contributed by atoms with Crippen molar-refractivity contribution in [3.63, 3.8) is 0 Å². The SMILES string of the molecule is CC1CC(C)CC2(C1)C1CCCCC1C1C3CC4C5CCCCC5CCC4C3CCC12. The Morgan fingerprint density at radius 2 is 1.16 bits per heavy atom. The first-order chi connectivity index (χ1) is 15.2. The highest BCUT2D eigenvalue weighted by Gasteiger charge is 2.66. The lowest BCUT2D eigenvalue weighted by Crippen LogP contribution is -2.43. The van der Waals surface area contributed by atoms with Crippen molar-refractivity contribution < 1.29 is 0 Å². The van der Waals surface area contributed by atoms with Gasteiger partial charge in [-0.2, -0.15) is 0 Å². The van der Waals surface area contributed by atoms with Crippen molar-refractivity contribution in [2.75, 3.05) is 0 Å². The maximum absolute atomic E-state index is 2.63. The molecule has 31 heavy (non-hydrogen) atoms. The van der Waals surface area contributed by atoms with Crippen LogP contribution >= 0.6 is 0 Å². The fourth-order valence-electron chi connectivity index (χ4n) is 13.3. The first-order valence-electron chi connectivity index (χ1n) is 15.2. The molecule has 0 amide bonds. The molecule has 0 saturated heterocycles. The minimum atomic E-state index is 0.777. The van der Waals surface area contributed by atoms with Gasteiger partial charge in [-0.25, -0.2) is 0 Å². The van der Waals surface area contributed by atoms with Crippen molar-refractivity contribution in [3.05, 3.63) is 0 Å². The maximum atomic E-state index is 2.63. The van der Waals surface area contributed by atoms with Gasteiger partial charge in [-0.1, -0.05) is 46.0 Å². The molecule has 12 unspecified atom stereocenters. The molecule has 0 aromatic carbocycles. The van der Waals surface area contributed by atoms with E-state index in [4.69, 9.17) is 0 Å². The molecule has 0 heteroatoms.